The molecule has 2 aliphatic rings. The predicted molar refractivity (Wildman–Crippen MR) is 173 cm³/mol. The molecule has 2 amide bonds. The van der Waals surface area contributed by atoms with Crippen LogP contribution < -0.4 is 15.8 Å². The number of carbonyl (C=O) groups is 2. The fraction of sp³-hybridized carbons (Fsp3) is 0.419. The summed E-state index contributed by atoms with van der Waals surface area (Å²) in [6, 6.07) is 2.24. The number of hydrogen-bond acceptors (Lipinski definition) is 9. The van der Waals surface area contributed by atoms with Crippen LogP contribution in [0.25, 0.3) is 11.4 Å². The quantitative estimate of drug-likeness (QED) is 0.295. The van der Waals surface area contributed by atoms with Gasteiger partial charge in [-0.25, -0.2) is 4.68 Å². The summed E-state index contributed by atoms with van der Waals surface area (Å²) in [5, 5.41) is 21.1. The van der Waals surface area contributed by atoms with Crippen LogP contribution in [-0.2, 0) is 35.7 Å². The van der Waals surface area contributed by atoms with Gasteiger partial charge < -0.3 is 29.5 Å². The molecule has 2 N–H and O–H groups in total. The van der Waals surface area contributed by atoms with E-state index in [1.165, 1.54) is 17.9 Å². The van der Waals surface area contributed by atoms with Crippen LogP contribution in [0.1, 0.15) is 47.7 Å². The van der Waals surface area contributed by atoms with Crippen molar-refractivity contribution in [3.63, 3.8) is 0 Å². The molecule has 2 aliphatic heterocycles. The molecule has 1 saturated heterocycles. The molecule has 0 bridgehead atoms. The second-order valence-electron chi connectivity index (χ2n) is 11.8. The molecule has 5 heterocycles. The van der Waals surface area contributed by atoms with E-state index in [2.05, 4.69) is 20.5 Å². The number of aromatic nitrogens is 6. The Morgan fingerprint density at radius 1 is 1.22 bits per heavy atom. The smallest absolute Gasteiger partial charge is 0.416 e. The zero-order valence-corrected chi connectivity index (χ0v) is 27.5. The first-order valence-corrected chi connectivity index (χ1v) is 15.9. The van der Waals surface area contributed by atoms with Crippen LogP contribution in [0.3, 0.4) is 0 Å². The number of aryl methyl sites for hydroxylation is 1. The number of nitrogens with zero attached hydrogens (tertiary/aromatic N) is 8. The molecule has 0 spiro atoms. The predicted octanol–water partition coefficient (Wildman–Crippen LogP) is 3.36. The molecule has 0 aliphatic carbocycles. The molecular weight excluding hydrogens is 671 g/mol. The number of benzene rings is 1. The highest BCUT2D eigenvalue weighted by Crippen LogP contribution is 2.34. The Morgan fingerprint density at radius 3 is 2.61 bits per heavy atom. The maximum Gasteiger partial charge on any atom is 0.416 e. The van der Waals surface area contributed by atoms with Gasteiger partial charge in [-0.15, -0.1) is 5.10 Å². The van der Waals surface area contributed by atoms with Gasteiger partial charge in [0.05, 0.1) is 41.4 Å². The lowest BCUT2D eigenvalue weighted by Crippen LogP contribution is -2.55. The standard InChI is InChI=1S/C31H33ClF3N9O5/c1-4-23-25(41-9-10-42(17(2)15-41)28(47)20-14-36-40(3)27(20)46)29(48)44-30(38-26(39-44)18-7-11-49-12-8-18)43(23)16-24(45)37-22-6-5-19(13-21(22)32)31(33,34)35/h5-7,13-14,17,46H,4,8-12,15-16H2,1-3H3,(H,37,45)/t17-/m1/s1. The molecule has 18 heteroatoms. The first-order chi connectivity index (χ1) is 23.3. The van der Waals surface area contributed by atoms with Gasteiger partial charge in [0.25, 0.3) is 11.5 Å². The normalized spacial score (nSPS) is 17.0. The van der Waals surface area contributed by atoms with E-state index in [9.17, 15) is 32.7 Å². The monoisotopic (exact) mass is 703 g/mol. The fourth-order valence-electron chi connectivity index (χ4n) is 6.12. The molecule has 4 aromatic rings. The van der Waals surface area contributed by atoms with E-state index in [-0.39, 0.29) is 59.8 Å². The van der Waals surface area contributed by atoms with E-state index in [4.69, 9.17) is 16.3 Å². The number of aromatic hydroxyl groups is 1. The number of nitrogens with one attached hydrogen (secondary N) is 1. The number of rotatable bonds is 7. The zero-order chi connectivity index (χ0) is 35.2. The summed E-state index contributed by atoms with van der Waals surface area (Å²) in [6.07, 6.45) is -0.664. The number of hydrogen-bond donors (Lipinski definition) is 2. The Bertz CT molecular complexity index is 2040. The lowest BCUT2D eigenvalue weighted by atomic mass is 10.1. The van der Waals surface area contributed by atoms with Crippen molar-refractivity contribution in [3.05, 3.63) is 68.5 Å². The third-order valence-electron chi connectivity index (χ3n) is 8.63. The van der Waals surface area contributed by atoms with E-state index < -0.39 is 35.2 Å². The SMILES string of the molecule is CCc1c(N2CCN(C(=O)c3cnn(C)c3O)[C@H](C)C2)c(=O)n2nc(C3=CCOCC3)nc2n1CC(=O)Nc1ccc(C(F)(F)F)cc1Cl. The lowest BCUT2D eigenvalue weighted by Gasteiger charge is -2.41. The van der Waals surface area contributed by atoms with Crippen LogP contribution in [0.2, 0.25) is 5.02 Å². The maximum absolute atomic E-state index is 14.2. The summed E-state index contributed by atoms with van der Waals surface area (Å²) in [7, 11) is 1.52. The van der Waals surface area contributed by atoms with Crippen LogP contribution in [-0.4, -0.2) is 89.7 Å². The average Bonchev–Trinajstić information content (AvgIpc) is 3.66. The summed E-state index contributed by atoms with van der Waals surface area (Å²) in [5.74, 6) is -0.859. The van der Waals surface area contributed by atoms with Gasteiger partial charge in [0, 0.05) is 32.7 Å². The van der Waals surface area contributed by atoms with Crippen molar-refractivity contribution in [1.29, 1.82) is 0 Å². The Balaban J connectivity index is 1.37. The fourth-order valence-corrected chi connectivity index (χ4v) is 6.35. The van der Waals surface area contributed by atoms with Crippen LogP contribution in [0.4, 0.5) is 24.5 Å². The number of amides is 2. The van der Waals surface area contributed by atoms with Gasteiger partial charge in [-0.2, -0.15) is 27.8 Å². The highest BCUT2D eigenvalue weighted by Gasteiger charge is 2.34. The van der Waals surface area contributed by atoms with Crippen LogP contribution in [0.15, 0.2) is 35.3 Å². The van der Waals surface area contributed by atoms with E-state index in [1.807, 2.05) is 24.8 Å². The minimum Gasteiger partial charge on any atom is -0.493 e. The number of carbonyl (C=O) groups excluding carboxylic acids is 2. The van der Waals surface area contributed by atoms with Gasteiger partial charge in [0.15, 0.2) is 5.82 Å². The number of alkyl halides is 3. The van der Waals surface area contributed by atoms with Crippen LogP contribution in [0, 0.1) is 0 Å². The molecule has 0 unspecified atom stereocenters. The van der Waals surface area contributed by atoms with Crippen molar-refractivity contribution in [2.24, 2.45) is 7.05 Å². The molecular formula is C31H33ClF3N9O5. The summed E-state index contributed by atoms with van der Waals surface area (Å²) in [6.45, 7) is 4.80. The molecule has 3 aromatic heterocycles. The topological polar surface area (TPSA) is 152 Å². The molecule has 49 heavy (non-hydrogen) atoms. The third-order valence-corrected chi connectivity index (χ3v) is 8.94. The summed E-state index contributed by atoms with van der Waals surface area (Å²) < 4.78 is 48.9. The number of halogens is 4. The van der Waals surface area contributed by atoms with Crippen molar-refractivity contribution in [2.75, 3.05) is 43.1 Å². The molecule has 0 radical (unpaired) electrons. The van der Waals surface area contributed by atoms with Gasteiger partial charge in [0.1, 0.15) is 17.8 Å². The van der Waals surface area contributed by atoms with E-state index in [0.717, 1.165) is 28.3 Å². The van der Waals surface area contributed by atoms with Crippen molar-refractivity contribution in [1.82, 2.24) is 33.8 Å². The first kappa shape index (κ1) is 34.0. The molecule has 14 nitrogen and oxygen atoms in total. The summed E-state index contributed by atoms with van der Waals surface area (Å²) in [5.41, 5.74) is 0.163. The molecule has 0 saturated carbocycles. The van der Waals surface area contributed by atoms with E-state index in [1.54, 1.807) is 9.47 Å². The Kier molecular flexibility index (Phi) is 9.15. The number of fused-ring (bicyclic) bond motifs is 1. The van der Waals surface area contributed by atoms with Crippen molar-refractivity contribution in [2.45, 2.75) is 45.5 Å². The van der Waals surface area contributed by atoms with Crippen molar-refractivity contribution < 1.29 is 32.6 Å². The Morgan fingerprint density at radius 2 is 2.00 bits per heavy atom. The molecule has 1 atom stereocenters. The van der Waals surface area contributed by atoms with Gasteiger partial charge in [-0.3, -0.25) is 14.4 Å². The highest BCUT2D eigenvalue weighted by molar-refractivity contribution is 6.33. The van der Waals surface area contributed by atoms with Crippen molar-refractivity contribution >= 4 is 46.1 Å². The second-order valence-corrected chi connectivity index (χ2v) is 12.2. The molecule has 1 fully saturated rings. The van der Waals surface area contributed by atoms with E-state index in [0.29, 0.717) is 37.6 Å². The molecule has 260 valence electrons. The second kappa shape index (κ2) is 13.2. The van der Waals surface area contributed by atoms with E-state index >= 15 is 0 Å². The number of ether oxygens (including phenoxy) is 1. The van der Waals surface area contributed by atoms with Crippen LogP contribution >= 0.6 is 11.6 Å². The lowest BCUT2D eigenvalue weighted by molar-refractivity contribution is -0.137. The first-order valence-electron chi connectivity index (χ1n) is 15.5. The molecule has 6 rings (SSSR count). The molecule has 1 aromatic carbocycles. The summed E-state index contributed by atoms with van der Waals surface area (Å²) >= 11 is 6.11. The Hall–Kier alpha value is -4.90. The Labute approximate surface area is 282 Å². The van der Waals surface area contributed by atoms with Gasteiger partial charge in [-0.05, 0) is 43.5 Å². The zero-order valence-electron chi connectivity index (χ0n) is 26.8. The van der Waals surface area contributed by atoms with Crippen molar-refractivity contribution in [3.8, 4) is 5.88 Å². The number of anilines is 2. The average molecular weight is 704 g/mol. The van der Waals surface area contributed by atoms with Gasteiger partial charge in [0.2, 0.25) is 17.6 Å². The largest absolute Gasteiger partial charge is 0.493 e. The van der Waals surface area contributed by atoms with Gasteiger partial charge >= 0.3 is 6.18 Å². The maximum atomic E-state index is 14.2. The summed E-state index contributed by atoms with van der Waals surface area (Å²) in [4.78, 5) is 49.1. The number of piperazine rings is 1. The minimum absolute atomic E-state index is 0.0150. The van der Waals surface area contributed by atoms with Crippen LogP contribution in [0.5, 0.6) is 5.88 Å². The highest BCUT2D eigenvalue weighted by atomic mass is 35.5. The third kappa shape index (κ3) is 6.47. The minimum atomic E-state index is -4.61. The van der Waals surface area contributed by atoms with Gasteiger partial charge in [-0.1, -0.05) is 24.6 Å².